The van der Waals surface area contributed by atoms with Crippen molar-refractivity contribution in [1.29, 1.82) is 0 Å². The van der Waals surface area contributed by atoms with E-state index in [1.807, 2.05) is 7.05 Å². The predicted octanol–water partition coefficient (Wildman–Crippen LogP) is 0.242. The van der Waals surface area contributed by atoms with Crippen molar-refractivity contribution < 1.29 is 4.74 Å². The van der Waals surface area contributed by atoms with Gasteiger partial charge in [-0.05, 0) is 19.4 Å². The molecule has 0 unspecified atom stereocenters. The van der Waals surface area contributed by atoms with Gasteiger partial charge in [0.25, 0.3) is 0 Å². The van der Waals surface area contributed by atoms with Gasteiger partial charge in [-0.2, -0.15) is 0 Å². The SMILES string of the molecule is CNC[C@]12COC[C@H]1C2. The minimum Gasteiger partial charge on any atom is -0.380 e. The van der Waals surface area contributed by atoms with E-state index >= 15 is 0 Å². The Morgan fingerprint density at radius 2 is 2.67 bits per heavy atom. The molecule has 2 rings (SSSR count). The van der Waals surface area contributed by atoms with E-state index in [-0.39, 0.29) is 0 Å². The molecule has 2 aliphatic rings. The Morgan fingerprint density at radius 3 is 3.11 bits per heavy atom. The molecule has 1 heterocycles. The molecule has 0 aromatic carbocycles. The van der Waals surface area contributed by atoms with Crippen LogP contribution < -0.4 is 5.32 Å². The van der Waals surface area contributed by atoms with E-state index in [1.54, 1.807) is 0 Å². The smallest absolute Gasteiger partial charge is 0.0538 e. The van der Waals surface area contributed by atoms with Gasteiger partial charge in [0.2, 0.25) is 0 Å². The van der Waals surface area contributed by atoms with Gasteiger partial charge in [0, 0.05) is 12.0 Å². The molecular formula is C7H13NO. The van der Waals surface area contributed by atoms with Crippen LogP contribution in [0.5, 0.6) is 0 Å². The Kier molecular flexibility index (Phi) is 1.08. The maximum Gasteiger partial charge on any atom is 0.0538 e. The zero-order chi connectivity index (χ0) is 6.32. The van der Waals surface area contributed by atoms with Crippen LogP contribution in [-0.2, 0) is 4.74 Å². The van der Waals surface area contributed by atoms with Gasteiger partial charge in [-0.15, -0.1) is 0 Å². The number of fused-ring (bicyclic) bond motifs is 1. The summed E-state index contributed by atoms with van der Waals surface area (Å²) in [6, 6.07) is 0. The fourth-order valence-corrected chi connectivity index (χ4v) is 1.87. The third-order valence-corrected chi connectivity index (χ3v) is 2.60. The van der Waals surface area contributed by atoms with Gasteiger partial charge in [-0.25, -0.2) is 0 Å². The Hall–Kier alpha value is -0.0800. The lowest BCUT2D eigenvalue weighted by molar-refractivity contribution is 0.146. The summed E-state index contributed by atoms with van der Waals surface area (Å²) in [6.45, 7) is 3.16. The third-order valence-electron chi connectivity index (χ3n) is 2.60. The Bertz CT molecular complexity index is 126. The summed E-state index contributed by atoms with van der Waals surface area (Å²) in [4.78, 5) is 0. The van der Waals surface area contributed by atoms with Crippen LogP contribution in [0.3, 0.4) is 0 Å². The molecule has 1 saturated heterocycles. The average molecular weight is 127 g/mol. The highest BCUT2D eigenvalue weighted by Crippen LogP contribution is 2.56. The summed E-state index contributed by atoms with van der Waals surface area (Å²) >= 11 is 0. The van der Waals surface area contributed by atoms with Crippen LogP contribution in [0, 0.1) is 11.3 Å². The van der Waals surface area contributed by atoms with Gasteiger partial charge in [-0.1, -0.05) is 0 Å². The van der Waals surface area contributed by atoms with Gasteiger partial charge in [0.15, 0.2) is 0 Å². The fourth-order valence-electron chi connectivity index (χ4n) is 1.87. The monoisotopic (exact) mass is 127 g/mol. The number of hydrogen-bond donors (Lipinski definition) is 1. The van der Waals surface area contributed by atoms with Crippen molar-refractivity contribution in [1.82, 2.24) is 5.32 Å². The van der Waals surface area contributed by atoms with Gasteiger partial charge in [0.05, 0.1) is 13.2 Å². The molecule has 52 valence electrons. The Labute approximate surface area is 55.6 Å². The normalized spacial score (nSPS) is 47.0. The van der Waals surface area contributed by atoms with E-state index < -0.39 is 0 Å². The molecule has 0 radical (unpaired) electrons. The highest BCUT2D eigenvalue weighted by molar-refractivity contribution is 5.06. The molecule has 2 nitrogen and oxygen atoms in total. The van der Waals surface area contributed by atoms with E-state index in [0.717, 1.165) is 25.7 Å². The van der Waals surface area contributed by atoms with Crippen LogP contribution in [0.25, 0.3) is 0 Å². The summed E-state index contributed by atoms with van der Waals surface area (Å²) in [5, 5.41) is 3.21. The van der Waals surface area contributed by atoms with Crippen molar-refractivity contribution in [3.63, 3.8) is 0 Å². The van der Waals surface area contributed by atoms with E-state index in [9.17, 15) is 0 Å². The predicted molar refractivity (Wildman–Crippen MR) is 35.3 cm³/mol. The molecule has 1 N–H and O–H groups in total. The van der Waals surface area contributed by atoms with E-state index in [1.165, 1.54) is 6.42 Å². The first-order valence-corrected chi connectivity index (χ1v) is 3.60. The average Bonchev–Trinajstić information content (AvgIpc) is 2.37. The van der Waals surface area contributed by atoms with Gasteiger partial charge in [-0.3, -0.25) is 0 Å². The van der Waals surface area contributed by atoms with Crippen molar-refractivity contribution >= 4 is 0 Å². The van der Waals surface area contributed by atoms with Crippen molar-refractivity contribution in [3.8, 4) is 0 Å². The lowest BCUT2D eigenvalue weighted by Crippen LogP contribution is -2.22. The van der Waals surface area contributed by atoms with E-state index in [2.05, 4.69) is 5.32 Å². The first-order valence-electron chi connectivity index (χ1n) is 3.60. The molecule has 1 aliphatic carbocycles. The van der Waals surface area contributed by atoms with Crippen molar-refractivity contribution in [2.24, 2.45) is 11.3 Å². The van der Waals surface area contributed by atoms with Crippen molar-refractivity contribution in [2.45, 2.75) is 6.42 Å². The number of nitrogens with one attached hydrogen (secondary N) is 1. The summed E-state index contributed by atoms with van der Waals surface area (Å²) in [7, 11) is 2.02. The summed E-state index contributed by atoms with van der Waals surface area (Å²) < 4.78 is 5.32. The van der Waals surface area contributed by atoms with Crippen molar-refractivity contribution in [2.75, 3.05) is 26.8 Å². The minimum atomic E-state index is 0.578. The first-order chi connectivity index (χ1) is 4.37. The van der Waals surface area contributed by atoms with Crippen LogP contribution >= 0.6 is 0 Å². The molecule has 0 aromatic heterocycles. The maximum atomic E-state index is 5.32. The minimum absolute atomic E-state index is 0.578. The van der Waals surface area contributed by atoms with Crippen LogP contribution in [0.1, 0.15) is 6.42 Å². The maximum absolute atomic E-state index is 5.32. The van der Waals surface area contributed by atoms with Crippen LogP contribution in [-0.4, -0.2) is 26.8 Å². The number of rotatable bonds is 2. The molecular weight excluding hydrogens is 114 g/mol. The van der Waals surface area contributed by atoms with Gasteiger partial charge < -0.3 is 10.1 Å². The Balaban J connectivity index is 1.95. The Morgan fingerprint density at radius 1 is 1.78 bits per heavy atom. The molecule has 2 fully saturated rings. The number of ether oxygens (including phenoxy) is 1. The van der Waals surface area contributed by atoms with Gasteiger partial charge >= 0.3 is 0 Å². The largest absolute Gasteiger partial charge is 0.380 e. The fraction of sp³-hybridized carbons (Fsp3) is 1.00. The number of hydrogen-bond acceptors (Lipinski definition) is 2. The van der Waals surface area contributed by atoms with Crippen molar-refractivity contribution in [3.05, 3.63) is 0 Å². The molecule has 0 bridgehead atoms. The summed E-state index contributed by atoms with van der Waals surface area (Å²) in [5.41, 5.74) is 0.578. The zero-order valence-corrected chi connectivity index (χ0v) is 5.81. The van der Waals surface area contributed by atoms with E-state index in [0.29, 0.717) is 5.41 Å². The molecule has 2 heteroatoms. The molecule has 2 atom stereocenters. The molecule has 0 aromatic rings. The second-order valence-corrected chi connectivity index (χ2v) is 3.31. The second-order valence-electron chi connectivity index (χ2n) is 3.31. The third kappa shape index (κ3) is 0.700. The molecule has 1 aliphatic heterocycles. The quantitative estimate of drug-likeness (QED) is 0.574. The van der Waals surface area contributed by atoms with Crippen LogP contribution in [0.15, 0.2) is 0 Å². The van der Waals surface area contributed by atoms with Gasteiger partial charge in [0.1, 0.15) is 0 Å². The lowest BCUT2D eigenvalue weighted by Gasteiger charge is -2.07. The second kappa shape index (κ2) is 1.70. The molecule has 1 saturated carbocycles. The topological polar surface area (TPSA) is 21.3 Å². The first kappa shape index (κ1) is 5.69. The highest BCUT2D eigenvalue weighted by Gasteiger charge is 2.57. The highest BCUT2D eigenvalue weighted by atomic mass is 16.5. The summed E-state index contributed by atoms with van der Waals surface area (Å²) in [6.07, 6.45) is 1.40. The van der Waals surface area contributed by atoms with Crippen LogP contribution in [0.2, 0.25) is 0 Å². The van der Waals surface area contributed by atoms with Crippen LogP contribution in [0.4, 0.5) is 0 Å². The molecule has 0 amide bonds. The standard InChI is InChI=1S/C7H13NO/c1-8-4-7-2-6(7)3-9-5-7/h6,8H,2-5H2,1H3/t6-,7-/m1/s1. The summed E-state index contributed by atoms with van der Waals surface area (Å²) in [5.74, 6) is 0.893. The molecule has 9 heavy (non-hydrogen) atoms. The zero-order valence-electron chi connectivity index (χ0n) is 5.81. The lowest BCUT2D eigenvalue weighted by atomic mass is 10.1. The van der Waals surface area contributed by atoms with E-state index in [4.69, 9.17) is 4.74 Å². The molecule has 0 spiro atoms.